The van der Waals surface area contributed by atoms with Gasteiger partial charge in [0.15, 0.2) is 0 Å². The lowest BCUT2D eigenvalue weighted by atomic mass is 10.1. The maximum atomic E-state index is 12.7. The smallest absolute Gasteiger partial charge is 0.410 e. The van der Waals surface area contributed by atoms with Gasteiger partial charge in [0.2, 0.25) is 5.90 Å². The van der Waals surface area contributed by atoms with E-state index in [4.69, 9.17) is 9.47 Å². The lowest BCUT2D eigenvalue weighted by molar-refractivity contribution is 0.0971. The Balaban J connectivity index is 1.68. The Bertz CT molecular complexity index is 757. The highest BCUT2D eigenvalue weighted by Gasteiger charge is 2.28. The third-order valence-electron chi connectivity index (χ3n) is 4.03. The molecule has 1 aliphatic rings. The van der Waals surface area contributed by atoms with Gasteiger partial charge >= 0.3 is 6.09 Å². The third kappa shape index (κ3) is 5.09. The number of carbonyl (C=O) groups excluding carboxylic acids is 1. The van der Waals surface area contributed by atoms with Crippen LogP contribution < -0.4 is 0 Å². The number of ether oxygens (including phenoxy) is 2. The highest BCUT2D eigenvalue weighted by molar-refractivity contribution is 5.83. The molecule has 0 radical (unpaired) electrons. The fourth-order valence-electron chi connectivity index (χ4n) is 2.71. The zero-order valence-corrected chi connectivity index (χ0v) is 15.2. The van der Waals surface area contributed by atoms with Crippen LogP contribution in [0.25, 0.3) is 0 Å². The molecule has 0 aliphatic carbocycles. The van der Waals surface area contributed by atoms with Gasteiger partial charge in [0.1, 0.15) is 19.8 Å². The third-order valence-corrected chi connectivity index (χ3v) is 4.03. The van der Waals surface area contributed by atoms with E-state index in [9.17, 15) is 4.79 Å². The van der Waals surface area contributed by atoms with Crippen LogP contribution in [0.5, 0.6) is 0 Å². The molecule has 0 fully saturated rings. The molecule has 0 N–H and O–H groups in total. The number of benzene rings is 2. The van der Waals surface area contributed by atoms with E-state index in [2.05, 4.69) is 4.99 Å². The van der Waals surface area contributed by atoms with E-state index in [0.717, 1.165) is 11.1 Å². The van der Waals surface area contributed by atoms with E-state index >= 15 is 0 Å². The quantitative estimate of drug-likeness (QED) is 0.789. The van der Waals surface area contributed by atoms with E-state index < -0.39 is 0 Å². The molecule has 3 rings (SSSR count). The van der Waals surface area contributed by atoms with Crippen molar-refractivity contribution in [1.29, 1.82) is 0 Å². The van der Waals surface area contributed by atoms with E-state index in [0.29, 0.717) is 25.6 Å². The second-order valence-corrected chi connectivity index (χ2v) is 6.99. The van der Waals surface area contributed by atoms with Gasteiger partial charge in [-0.25, -0.2) is 9.79 Å². The fourth-order valence-corrected chi connectivity index (χ4v) is 2.71. The Morgan fingerprint density at radius 2 is 1.65 bits per heavy atom. The van der Waals surface area contributed by atoms with Crippen LogP contribution in [0.15, 0.2) is 65.7 Å². The van der Waals surface area contributed by atoms with Gasteiger partial charge in [0, 0.05) is 6.54 Å². The molecule has 1 aliphatic heterocycles. The number of aliphatic imine (C=N–C) groups is 1. The molecule has 2 aromatic carbocycles. The largest absolute Gasteiger partial charge is 0.477 e. The predicted octanol–water partition coefficient (Wildman–Crippen LogP) is 4.03. The van der Waals surface area contributed by atoms with Crippen molar-refractivity contribution in [3.8, 4) is 0 Å². The molecule has 5 heteroatoms. The van der Waals surface area contributed by atoms with Crippen molar-refractivity contribution in [2.45, 2.75) is 32.5 Å². The van der Waals surface area contributed by atoms with Crippen molar-refractivity contribution in [2.24, 2.45) is 4.99 Å². The van der Waals surface area contributed by atoms with Crippen LogP contribution in [-0.2, 0) is 22.6 Å². The maximum Gasteiger partial charge on any atom is 0.410 e. The molecule has 0 saturated carbocycles. The summed E-state index contributed by atoms with van der Waals surface area (Å²) in [5.74, 6) is 0.572. The number of hydrogen-bond donors (Lipinski definition) is 0. The molecule has 0 unspecified atom stereocenters. The maximum absolute atomic E-state index is 12.7. The van der Waals surface area contributed by atoms with E-state index in [1.54, 1.807) is 4.90 Å². The predicted molar refractivity (Wildman–Crippen MR) is 101 cm³/mol. The molecular formula is C21H24N2O3. The molecule has 26 heavy (non-hydrogen) atoms. The minimum Gasteiger partial charge on any atom is -0.477 e. The molecule has 1 amide bonds. The first-order valence-electron chi connectivity index (χ1n) is 8.73. The van der Waals surface area contributed by atoms with Crippen molar-refractivity contribution in [2.75, 3.05) is 13.2 Å². The summed E-state index contributed by atoms with van der Waals surface area (Å²) in [6.07, 6.45) is -0.381. The first kappa shape index (κ1) is 18.0. The number of rotatable bonds is 6. The monoisotopic (exact) mass is 352 g/mol. The summed E-state index contributed by atoms with van der Waals surface area (Å²) < 4.78 is 11.2. The van der Waals surface area contributed by atoms with Gasteiger partial charge in [0.25, 0.3) is 0 Å². The summed E-state index contributed by atoms with van der Waals surface area (Å²) in [6.45, 7) is 5.53. The van der Waals surface area contributed by atoms with Crippen molar-refractivity contribution in [1.82, 2.24) is 4.90 Å². The average molecular weight is 352 g/mol. The molecule has 0 bridgehead atoms. The van der Waals surface area contributed by atoms with Gasteiger partial charge in [0.05, 0.1) is 5.54 Å². The molecule has 136 valence electrons. The van der Waals surface area contributed by atoms with Crippen molar-refractivity contribution in [3.05, 3.63) is 71.8 Å². The lowest BCUT2D eigenvalue weighted by Gasteiger charge is -2.22. The Morgan fingerprint density at radius 3 is 2.23 bits per heavy atom. The van der Waals surface area contributed by atoms with Gasteiger partial charge in [-0.15, -0.1) is 0 Å². The second kappa shape index (κ2) is 8.04. The summed E-state index contributed by atoms with van der Waals surface area (Å²) in [7, 11) is 0. The van der Waals surface area contributed by atoms with E-state index in [-0.39, 0.29) is 18.2 Å². The van der Waals surface area contributed by atoms with Crippen LogP contribution in [0.4, 0.5) is 4.79 Å². The number of amides is 1. The van der Waals surface area contributed by atoms with Crippen LogP contribution in [0, 0.1) is 0 Å². The minimum atomic E-state index is -0.381. The normalized spacial score (nSPS) is 15.1. The molecule has 0 spiro atoms. The van der Waals surface area contributed by atoms with Crippen LogP contribution in [-0.4, -0.2) is 35.6 Å². The van der Waals surface area contributed by atoms with Gasteiger partial charge in [-0.3, -0.25) is 4.90 Å². The first-order valence-corrected chi connectivity index (χ1v) is 8.73. The van der Waals surface area contributed by atoms with Gasteiger partial charge < -0.3 is 9.47 Å². The standard InChI is InChI=1S/C21H24N2O3/c1-21(2)16-26-19(22-21)14-23(13-17-9-5-3-6-10-17)20(24)25-15-18-11-7-4-8-12-18/h3-12H,13-16H2,1-2H3. The SMILES string of the molecule is CC1(C)COC(CN(Cc2ccccc2)C(=O)OCc2ccccc2)=N1. The average Bonchev–Trinajstić information content (AvgIpc) is 2.99. The molecule has 2 aromatic rings. The minimum absolute atomic E-state index is 0.240. The molecule has 0 atom stereocenters. The zero-order chi connectivity index (χ0) is 18.4. The Labute approximate surface area is 154 Å². The van der Waals surface area contributed by atoms with Crippen LogP contribution in [0.2, 0.25) is 0 Å². The lowest BCUT2D eigenvalue weighted by Crippen LogP contribution is -2.35. The highest BCUT2D eigenvalue weighted by atomic mass is 16.6. The Kier molecular flexibility index (Phi) is 5.56. The van der Waals surface area contributed by atoms with Crippen LogP contribution >= 0.6 is 0 Å². The molecule has 0 saturated heterocycles. The molecule has 0 aromatic heterocycles. The Morgan fingerprint density at radius 1 is 1.04 bits per heavy atom. The second-order valence-electron chi connectivity index (χ2n) is 6.99. The van der Waals surface area contributed by atoms with Crippen molar-refractivity contribution in [3.63, 3.8) is 0 Å². The van der Waals surface area contributed by atoms with Gasteiger partial charge in [-0.1, -0.05) is 60.7 Å². The summed E-state index contributed by atoms with van der Waals surface area (Å²) >= 11 is 0. The molecule has 1 heterocycles. The van der Waals surface area contributed by atoms with Gasteiger partial charge in [-0.2, -0.15) is 0 Å². The van der Waals surface area contributed by atoms with Crippen molar-refractivity contribution < 1.29 is 14.3 Å². The van der Waals surface area contributed by atoms with E-state index in [1.807, 2.05) is 74.5 Å². The fraction of sp³-hybridized carbons (Fsp3) is 0.333. The number of nitrogens with zero attached hydrogens (tertiary/aromatic N) is 2. The Hall–Kier alpha value is -2.82. The summed E-state index contributed by atoms with van der Waals surface area (Å²) in [4.78, 5) is 18.8. The first-order chi connectivity index (χ1) is 12.5. The molecule has 5 nitrogen and oxygen atoms in total. The van der Waals surface area contributed by atoms with E-state index in [1.165, 1.54) is 0 Å². The number of hydrogen-bond acceptors (Lipinski definition) is 4. The zero-order valence-electron chi connectivity index (χ0n) is 15.2. The summed E-state index contributed by atoms with van der Waals surface area (Å²) in [5, 5.41) is 0. The van der Waals surface area contributed by atoms with Crippen LogP contribution in [0.3, 0.4) is 0 Å². The van der Waals surface area contributed by atoms with Crippen LogP contribution in [0.1, 0.15) is 25.0 Å². The van der Waals surface area contributed by atoms with Crippen molar-refractivity contribution >= 4 is 12.0 Å². The van der Waals surface area contributed by atoms with Gasteiger partial charge in [-0.05, 0) is 25.0 Å². The summed E-state index contributed by atoms with van der Waals surface area (Å²) in [6, 6.07) is 19.5. The molecular weight excluding hydrogens is 328 g/mol. The summed E-state index contributed by atoms with van der Waals surface area (Å²) in [5.41, 5.74) is 1.74. The topological polar surface area (TPSA) is 51.1 Å². The highest BCUT2D eigenvalue weighted by Crippen LogP contribution is 2.18. The number of carbonyl (C=O) groups is 1.